The number of hydrogen-bond donors (Lipinski definition) is 2. The molecule has 0 aliphatic carbocycles. The van der Waals surface area contributed by atoms with Crippen molar-refractivity contribution < 1.29 is 9.18 Å². The summed E-state index contributed by atoms with van der Waals surface area (Å²) in [6.07, 6.45) is 9.84. The first-order chi connectivity index (χ1) is 17.0. The van der Waals surface area contributed by atoms with E-state index in [9.17, 15) is 9.18 Å². The molecule has 2 bridgehead atoms. The van der Waals surface area contributed by atoms with E-state index in [0.717, 1.165) is 37.2 Å². The van der Waals surface area contributed by atoms with Gasteiger partial charge in [0, 0.05) is 24.4 Å². The predicted molar refractivity (Wildman–Crippen MR) is 138 cm³/mol. The SMILES string of the molecule is CCC.Cc1ccc(-n2nc(C3CCNCC3)cc2NC(=O)C2=C3CN(C=CC=N3)N=C2)c(F)c1. The van der Waals surface area contributed by atoms with Gasteiger partial charge >= 0.3 is 0 Å². The van der Waals surface area contributed by atoms with Crippen molar-refractivity contribution in [2.75, 3.05) is 25.0 Å². The summed E-state index contributed by atoms with van der Waals surface area (Å²) in [5, 5.41) is 17.0. The largest absolute Gasteiger partial charge is 0.317 e. The number of aryl methyl sites for hydroxylation is 1. The fraction of sp³-hybridized carbons (Fsp3) is 0.385. The first-order valence-corrected chi connectivity index (χ1v) is 12.1. The number of carbonyl (C=O) groups is 1. The number of fused-ring (bicyclic) bond motifs is 2. The molecule has 0 atom stereocenters. The van der Waals surface area contributed by atoms with Gasteiger partial charge in [0.05, 0.1) is 29.7 Å². The maximum absolute atomic E-state index is 14.8. The number of rotatable bonds is 4. The van der Waals surface area contributed by atoms with Crippen molar-refractivity contribution in [3.05, 3.63) is 64.9 Å². The number of anilines is 1. The molecule has 0 unspecified atom stereocenters. The van der Waals surface area contributed by atoms with Crippen molar-refractivity contribution in [3.63, 3.8) is 0 Å². The Labute approximate surface area is 205 Å². The van der Waals surface area contributed by atoms with E-state index >= 15 is 0 Å². The minimum Gasteiger partial charge on any atom is -0.317 e. The van der Waals surface area contributed by atoms with Crippen molar-refractivity contribution >= 4 is 24.2 Å². The molecule has 0 radical (unpaired) electrons. The van der Waals surface area contributed by atoms with Crippen LogP contribution in [0.3, 0.4) is 0 Å². The second-order valence-corrected chi connectivity index (χ2v) is 8.83. The van der Waals surface area contributed by atoms with Gasteiger partial charge in [-0.2, -0.15) is 10.2 Å². The summed E-state index contributed by atoms with van der Waals surface area (Å²) >= 11 is 0. The Kier molecular flexibility index (Phi) is 7.87. The highest BCUT2D eigenvalue weighted by atomic mass is 19.1. The summed E-state index contributed by atoms with van der Waals surface area (Å²) in [6.45, 7) is 8.32. The highest BCUT2D eigenvalue weighted by Crippen LogP contribution is 2.29. The number of benzene rings is 1. The van der Waals surface area contributed by atoms with Gasteiger partial charge in [0.2, 0.25) is 0 Å². The topological polar surface area (TPSA) is 86.9 Å². The lowest BCUT2D eigenvalue weighted by Gasteiger charge is -2.20. The second-order valence-electron chi connectivity index (χ2n) is 8.83. The fourth-order valence-corrected chi connectivity index (χ4v) is 4.10. The van der Waals surface area contributed by atoms with Crippen LogP contribution in [0.4, 0.5) is 10.2 Å². The number of amides is 1. The normalized spacial score (nSPS) is 17.2. The molecule has 4 heterocycles. The zero-order valence-corrected chi connectivity index (χ0v) is 20.5. The van der Waals surface area contributed by atoms with Gasteiger partial charge in [-0.15, -0.1) is 0 Å². The minimum atomic E-state index is -0.392. The van der Waals surface area contributed by atoms with Crippen molar-refractivity contribution in [2.24, 2.45) is 10.1 Å². The summed E-state index contributed by atoms with van der Waals surface area (Å²) in [7, 11) is 0. The van der Waals surface area contributed by atoms with Crippen molar-refractivity contribution in [3.8, 4) is 5.69 Å². The number of piperidine rings is 1. The molecular weight excluding hydrogens is 445 g/mol. The quantitative estimate of drug-likeness (QED) is 0.688. The third-order valence-corrected chi connectivity index (χ3v) is 5.84. The van der Waals surface area contributed by atoms with E-state index in [4.69, 9.17) is 5.10 Å². The number of aromatic nitrogens is 2. The van der Waals surface area contributed by atoms with E-state index in [1.807, 2.05) is 19.1 Å². The molecule has 8 nitrogen and oxygen atoms in total. The Morgan fingerprint density at radius 1 is 1.23 bits per heavy atom. The maximum atomic E-state index is 14.8. The number of hydrogen-bond acceptors (Lipinski definition) is 6. The number of carbonyl (C=O) groups excluding carboxylic acids is 1. The van der Waals surface area contributed by atoms with E-state index in [1.165, 1.54) is 23.4 Å². The van der Waals surface area contributed by atoms with Crippen molar-refractivity contribution in [2.45, 2.75) is 46.0 Å². The molecule has 1 aromatic carbocycles. The zero-order chi connectivity index (χ0) is 24.8. The van der Waals surface area contributed by atoms with Crippen LogP contribution >= 0.6 is 0 Å². The van der Waals surface area contributed by atoms with Crippen LogP contribution in [0.1, 0.15) is 50.3 Å². The van der Waals surface area contributed by atoms with E-state index in [0.29, 0.717) is 29.3 Å². The van der Waals surface area contributed by atoms with Gasteiger partial charge in [-0.1, -0.05) is 26.3 Å². The predicted octanol–water partition coefficient (Wildman–Crippen LogP) is 4.30. The Balaban J connectivity index is 0.000000917. The molecule has 2 aromatic rings. The highest BCUT2D eigenvalue weighted by molar-refractivity contribution is 6.18. The van der Waals surface area contributed by atoms with Crippen LogP contribution in [0.25, 0.3) is 5.69 Å². The molecule has 1 fully saturated rings. The molecule has 0 spiro atoms. The van der Waals surface area contributed by atoms with Crippen LogP contribution in [0, 0.1) is 12.7 Å². The second kappa shape index (κ2) is 11.2. The van der Waals surface area contributed by atoms with Gasteiger partial charge in [0.15, 0.2) is 0 Å². The number of nitrogens with zero attached hydrogens (tertiary/aromatic N) is 5. The molecule has 35 heavy (non-hydrogen) atoms. The van der Waals surface area contributed by atoms with Gasteiger partial charge in [-0.05, 0) is 56.6 Å². The number of hydrazone groups is 1. The summed E-state index contributed by atoms with van der Waals surface area (Å²) in [5.41, 5.74) is 2.95. The van der Waals surface area contributed by atoms with E-state index < -0.39 is 5.82 Å². The third-order valence-electron chi connectivity index (χ3n) is 5.84. The number of nitrogens with one attached hydrogen (secondary N) is 2. The molecule has 1 amide bonds. The lowest BCUT2D eigenvalue weighted by molar-refractivity contribution is -0.112. The highest BCUT2D eigenvalue weighted by Gasteiger charge is 2.25. The minimum absolute atomic E-state index is 0.256. The average molecular weight is 478 g/mol. The van der Waals surface area contributed by atoms with Crippen LogP contribution in [-0.4, -0.2) is 52.8 Å². The Morgan fingerprint density at radius 3 is 2.74 bits per heavy atom. The molecule has 2 N–H and O–H groups in total. The van der Waals surface area contributed by atoms with Crippen LogP contribution in [-0.2, 0) is 4.79 Å². The monoisotopic (exact) mass is 477 g/mol. The number of halogens is 1. The lowest BCUT2D eigenvalue weighted by Crippen LogP contribution is -2.26. The molecule has 5 rings (SSSR count). The Morgan fingerprint density at radius 2 is 2.00 bits per heavy atom. The number of allylic oxidation sites excluding steroid dienone is 1. The lowest BCUT2D eigenvalue weighted by atomic mass is 9.95. The molecule has 9 heteroatoms. The fourth-order valence-electron chi connectivity index (χ4n) is 4.10. The Hall–Kier alpha value is -3.59. The maximum Gasteiger partial charge on any atom is 0.260 e. The van der Waals surface area contributed by atoms with Gasteiger partial charge in [-0.3, -0.25) is 14.8 Å². The summed E-state index contributed by atoms with van der Waals surface area (Å²) in [5.74, 6) is -0.0678. The molecule has 1 aromatic heterocycles. The Bertz CT molecular complexity index is 1190. The average Bonchev–Trinajstić information content (AvgIpc) is 3.17. The molecule has 3 aliphatic rings. The van der Waals surface area contributed by atoms with E-state index in [-0.39, 0.29) is 11.8 Å². The van der Waals surface area contributed by atoms with E-state index in [1.54, 1.807) is 29.6 Å². The van der Waals surface area contributed by atoms with Gasteiger partial charge < -0.3 is 10.6 Å². The first kappa shape index (κ1) is 24.5. The van der Waals surface area contributed by atoms with Crippen LogP contribution in [0.15, 0.2) is 57.9 Å². The smallest absolute Gasteiger partial charge is 0.260 e. The first-order valence-electron chi connectivity index (χ1n) is 12.1. The van der Waals surface area contributed by atoms with Gasteiger partial charge in [0.1, 0.15) is 17.3 Å². The number of aliphatic imine (C=N–C) groups is 1. The summed E-state index contributed by atoms with van der Waals surface area (Å²) in [6, 6.07) is 6.83. The summed E-state index contributed by atoms with van der Waals surface area (Å²) < 4.78 is 16.3. The van der Waals surface area contributed by atoms with Crippen LogP contribution < -0.4 is 10.6 Å². The van der Waals surface area contributed by atoms with Crippen LogP contribution in [0.2, 0.25) is 0 Å². The third kappa shape index (κ3) is 5.74. The molecule has 184 valence electrons. The molecule has 1 saturated heterocycles. The van der Waals surface area contributed by atoms with Gasteiger partial charge in [0.25, 0.3) is 5.91 Å². The summed E-state index contributed by atoms with van der Waals surface area (Å²) in [4.78, 5) is 17.5. The molecule has 0 saturated carbocycles. The standard InChI is InChI=1S/C23H24FN7O.C3H8/c1-15-3-4-21(18(24)11-15)31-22(12-19(29-31)16-5-8-25-9-6-16)28-23(32)17-13-27-30-10-2-7-26-20(17)14-30;1-3-2/h2-4,7,10-13,16,25H,5-6,8-9,14H2,1H3,(H,28,32);3H2,1-2H3. The van der Waals surface area contributed by atoms with Crippen LogP contribution in [0.5, 0.6) is 0 Å². The van der Waals surface area contributed by atoms with Crippen molar-refractivity contribution in [1.82, 2.24) is 20.1 Å². The van der Waals surface area contributed by atoms with E-state index in [2.05, 4.69) is 34.6 Å². The van der Waals surface area contributed by atoms with Gasteiger partial charge in [-0.25, -0.2) is 9.07 Å². The molecule has 3 aliphatic heterocycles. The zero-order valence-electron chi connectivity index (χ0n) is 20.5. The molecular formula is C26H32FN7O. The van der Waals surface area contributed by atoms with Crippen molar-refractivity contribution in [1.29, 1.82) is 0 Å².